The average molecular weight is 648 g/mol. The number of nitrogens with zero attached hydrogens (tertiary/aromatic N) is 2. The predicted molar refractivity (Wildman–Crippen MR) is 173 cm³/mol. The summed E-state index contributed by atoms with van der Waals surface area (Å²) in [4.78, 5) is 46.5. The van der Waals surface area contributed by atoms with Crippen molar-refractivity contribution in [3.8, 4) is 10.4 Å². The number of β-amino-alcohol motifs (C(OH)–C–C–N with tert-alkyl or cyclic N) is 1. The number of benzene rings is 1. The second-order valence-electron chi connectivity index (χ2n) is 12.1. The van der Waals surface area contributed by atoms with E-state index in [0.29, 0.717) is 52.5 Å². The van der Waals surface area contributed by atoms with Crippen LogP contribution in [-0.4, -0.2) is 110 Å². The van der Waals surface area contributed by atoms with Crippen LogP contribution in [0.3, 0.4) is 0 Å². The average Bonchev–Trinajstić information content (AvgIpc) is 3.61. The number of aromatic nitrogens is 1. The lowest BCUT2D eigenvalue weighted by atomic mass is 9.85. The normalized spacial score (nSPS) is 17.3. The topological polar surface area (TPSA) is 165 Å². The molecule has 3 rings (SSSR count). The molecule has 0 saturated carbocycles. The van der Waals surface area contributed by atoms with E-state index in [4.69, 9.17) is 19.9 Å². The van der Waals surface area contributed by atoms with Crippen LogP contribution in [0.15, 0.2) is 29.8 Å². The van der Waals surface area contributed by atoms with Crippen LogP contribution >= 0.6 is 11.3 Å². The van der Waals surface area contributed by atoms with Crippen LogP contribution < -0.4 is 16.4 Å². The van der Waals surface area contributed by atoms with E-state index in [0.717, 1.165) is 21.7 Å². The number of carbonyl (C=O) groups excluding carboxylic acids is 3. The van der Waals surface area contributed by atoms with Crippen LogP contribution in [0.4, 0.5) is 0 Å². The third kappa shape index (κ3) is 11.7. The van der Waals surface area contributed by atoms with Crippen LogP contribution in [0, 0.1) is 12.3 Å². The zero-order valence-corrected chi connectivity index (χ0v) is 27.7. The Kier molecular flexibility index (Phi) is 14.8. The summed E-state index contributed by atoms with van der Waals surface area (Å²) >= 11 is 1.60. The number of carbonyl (C=O) groups is 3. The lowest BCUT2D eigenvalue weighted by Gasteiger charge is -2.35. The molecule has 0 radical (unpaired) electrons. The lowest BCUT2D eigenvalue weighted by molar-refractivity contribution is -0.144. The molecule has 0 bridgehead atoms. The molecule has 1 aliphatic rings. The summed E-state index contributed by atoms with van der Waals surface area (Å²) in [6, 6.07) is 6.46. The van der Waals surface area contributed by atoms with Gasteiger partial charge in [0.15, 0.2) is 0 Å². The minimum Gasteiger partial charge on any atom is -0.391 e. The summed E-state index contributed by atoms with van der Waals surface area (Å²) in [7, 11) is 0. The highest BCUT2D eigenvalue weighted by molar-refractivity contribution is 7.13. The van der Waals surface area contributed by atoms with Gasteiger partial charge in [-0.25, -0.2) is 4.98 Å². The monoisotopic (exact) mass is 647 g/mol. The number of amides is 3. The van der Waals surface area contributed by atoms with Crippen molar-refractivity contribution in [3.63, 3.8) is 0 Å². The van der Waals surface area contributed by atoms with Crippen molar-refractivity contribution in [1.82, 2.24) is 20.5 Å². The zero-order chi connectivity index (χ0) is 32.8. The summed E-state index contributed by atoms with van der Waals surface area (Å²) in [5.41, 5.74) is 9.73. The number of ether oxygens (including phenoxy) is 3. The number of hydrogen-bond acceptors (Lipinski definition) is 10. The molecular weight excluding hydrogens is 598 g/mol. The summed E-state index contributed by atoms with van der Waals surface area (Å²) in [6.45, 7) is 10.7. The number of nitrogens with one attached hydrogen (secondary N) is 2. The van der Waals surface area contributed by atoms with E-state index in [2.05, 4.69) is 27.8 Å². The number of rotatable bonds is 18. The quantitative estimate of drug-likeness (QED) is 0.176. The molecule has 5 N–H and O–H groups in total. The SMILES string of the molecule is Cc1ncsc1-c1ccc(CCNC(=O)[C@@H]2C[C@H](O)CN2C(=O)[C@@H](NC(=O)CCOCCOCCOCCN)C(C)(C)C)cc1. The number of thiazole rings is 1. The van der Waals surface area contributed by atoms with Crippen LogP contribution in [0.25, 0.3) is 10.4 Å². The molecule has 45 heavy (non-hydrogen) atoms. The first-order chi connectivity index (χ1) is 21.5. The molecule has 1 aromatic carbocycles. The maximum Gasteiger partial charge on any atom is 0.246 e. The Hall–Kier alpha value is -2.94. The van der Waals surface area contributed by atoms with E-state index in [-0.39, 0.29) is 37.8 Å². The Morgan fingerprint density at radius 2 is 1.71 bits per heavy atom. The molecule has 12 nitrogen and oxygen atoms in total. The Labute approximate surface area is 270 Å². The smallest absolute Gasteiger partial charge is 0.246 e. The Morgan fingerprint density at radius 3 is 2.31 bits per heavy atom. The molecule has 2 aromatic rings. The maximum atomic E-state index is 13.7. The van der Waals surface area contributed by atoms with Crippen LogP contribution in [0.5, 0.6) is 0 Å². The van der Waals surface area contributed by atoms with E-state index in [1.807, 2.05) is 45.3 Å². The van der Waals surface area contributed by atoms with Gasteiger partial charge in [-0.05, 0) is 29.9 Å². The summed E-state index contributed by atoms with van der Waals surface area (Å²) in [5, 5.41) is 16.2. The number of likely N-dealkylation sites (tertiary alicyclic amines) is 1. The van der Waals surface area contributed by atoms with Crippen LogP contribution in [0.2, 0.25) is 0 Å². The number of nitrogens with two attached hydrogens (primary N) is 1. The van der Waals surface area contributed by atoms with Crippen molar-refractivity contribution in [3.05, 3.63) is 41.0 Å². The number of aliphatic hydroxyl groups excluding tert-OH is 1. The fraction of sp³-hybridized carbons (Fsp3) is 0.625. The van der Waals surface area contributed by atoms with Gasteiger partial charge < -0.3 is 40.6 Å². The minimum atomic E-state index is -0.886. The van der Waals surface area contributed by atoms with Gasteiger partial charge in [0, 0.05) is 32.5 Å². The van der Waals surface area contributed by atoms with Gasteiger partial charge in [0.2, 0.25) is 17.7 Å². The highest BCUT2D eigenvalue weighted by Crippen LogP contribution is 2.28. The lowest BCUT2D eigenvalue weighted by Crippen LogP contribution is -2.57. The molecule has 0 aliphatic carbocycles. The van der Waals surface area contributed by atoms with Crippen molar-refractivity contribution >= 4 is 29.1 Å². The van der Waals surface area contributed by atoms with Crippen LogP contribution in [-0.2, 0) is 35.0 Å². The Bertz CT molecular complexity index is 1220. The first kappa shape index (κ1) is 36.5. The Morgan fingerprint density at radius 1 is 1.07 bits per heavy atom. The Balaban J connectivity index is 1.46. The maximum absolute atomic E-state index is 13.7. The molecule has 1 aromatic heterocycles. The standard InChI is InChI=1S/C32H49N5O7S/c1-22-28(45-21-35-22)24-7-5-23(6-8-24)9-12-34-30(40)26-19-25(38)20-37(26)31(41)29(32(2,3)4)36-27(39)10-13-42-15-17-44-18-16-43-14-11-33/h5-8,21,25-26,29,38H,9-20,33H2,1-4H3,(H,34,40)(H,36,39)/t25-,26-,29+/m0/s1. The van der Waals surface area contributed by atoms with E-state index >= 15 is 0 Å². The van der Waals surface area contributed by atoms with E-state index in [9.17, 15) is 19.5 Å². The molecule has 13 heteroatoms. The zero-order valence-electron chi connectivity index (χ0n) is 26.9. The van der Waals surface area contributed by atoms with Gasteiger partial charge in [-0.3, -0.25) is 14.4 Å². The third-order valence-corrected chi connectivity index (χ3v) is 8.41. The number of hydrogen-bond donors (Lipinski definition) is 4. The molecule has 1 fully saturated rings. The van der Waals surface area contributed by atoms with Crippen molar-refractivity contribution in [2.24, 2.45) is 11.1 Å². The summed E-state index contributed by atoms with van der Waals surface area (Å²) in [5.74, 6) is -1.05. The highest BCUT2D eigenvalue weighted by atomic mass is 32.1. The molecule has 3 atom stereocenters. The van der Waals surface area contributed by atoms with Crippen molar-refractivity contribution in [1.29, 1.82) is 0 Å². The van der Waals surface area contributed by atoms with Gasteiger partial charge in [-0.15, -0.1) is 11.3 Å². The van der Waals surface area contributed by atoms with Gasteiger partial charge in [0.05, 0.1) is 61.8 Å². The minimum absolute atomic E-state index is 0.0260. The van der Waals surface area contributed by atoms with Gasteiger partial charge >= 0.3 is 0 Å². The van der Waals surface area contributed by atoms with Crippen molar-refractivity contribution in [2.75, 3.05) is 59.3 Å². The third-order valence-electron chi connectivity index (χ3n) is 7.44. The summed E-state index contributed by atoms with van der Waals surface area (Å²) in [6.07, 6.45) is -0.00168. The number of aryl methyl sites for hydroxylation is 1. The van der Waals surface area contributed by atoms with Gasteiger partial charge in [0.1, 0.15) is 12.1 Å². The molecule has 1 aliphatic heterocycles. The fourth-order valence-corrected chi connectivity index (χ4v) is 5.80. The van der Waals surface area contributed by atoms with E-state index in [1.54, 1.807) is 11.3 Å². The second-order valence-corrected chi connectivity index (χ2v) is 13.0. The molecule has 0 unspecified atom stereocenters. The first-order valence-electron chi connectivity index (χ1n) is 15.5. The molecule has 0 spiro atoms. The predicted octanol–water partition coefficient (Wildman–Crippen LogP) is 1.67. The first-order valence-corrected chi connectivity index (χ1v) is 16.4. The van der Waals surface area contributed by atoms with E-state index < -0.39 is 29.5 Å². The largest absolute Gasteiger partial charge is 0.391 e. The van der Waals surface area contributed by atoms with Crippen LogP contribution in [0.1, 0.15) is 44.9 Å². The van der Waals surface area contributed by atoms with Crippen molar-refractivity contribution in [2.45, 2.75) is 65.1 Å². The number of aliphatic hydroxyl groups is 1. The van der Waals surface area contributed by atoms with Gasteiger partial charge in [-0.2, -0.15) is 0 Å². The fourth-order valence-electron chi connectivity index (χ4n) is 4.99. The molecular formula is C32H49N5O7S. The van der Waals surface area contributed by atoms with Crippen molar-refractivity contribution < 1.29 is 33.7 Å². The van der Waals surface area contributed by atoms with E-state index in [1.165, 1.54) is 4.90 Å². The van der Waals surface area contributed by atoms with Gasteiger partial charge in [0.25, 0.3) is 0 Å². The summed E-state index contributed by atoms with van der Waals surface area (Å²) < 4.78 is 16.1. The molecule has 250 valence electrons. The molecule has 3 amide bonds. The highest BCUT2D eigenvalue weighted by Gasteiger charge is 2.44. The molecule has 1 saturated heterocycles. The second kappa shape index (κ2) is 18.3. The molecule has 2 heterocycles. The van der Waals surface area contributed by atoms with Gasteiger partial charge in [-0.1, -0.05) is 45.0 Å².